The summed E-state index contributed by atoms with van der Waals surface area (Å²) in [5.41, 5.74) is 0. The second kappa shape index (κ2) is 6.12. The molecule has 0 atom stereocenters. The molecule has 4 aromatic carbocycles. The van der Waals surface area contributed by atoms with Crippen molar-refractivity contribution in [3.8, 4) is 0 Å². The number of benzene rings is 4. The van der Waals surface area contributed by atoms with Crippen molar-refractivity contribution in [2.75, 3.05) is 0 Å². The molecule has 140 valence electrons. The Hall–Kier alpha value is -2.26. The summed E-state index contributed by atoms with van der Waals surface area (Å²) >= 11 is 0. The monoisotopic (exact) mass is 410 g/mol. The number of fused-ring (bicyclic) bond motifs is 1. The highest BCUT2D eigenvalue weighted by Crippen LogP contribution is 3.24. The molecular weight excluding hydrogens is 386 g/mol. The highest BCUT2D eigenvalue weighted by Gasteiger charge is 3.21. The van der Waals surface area contributed by atoms with Gasteiger partial charge in [-0.3, -0.25) is 0 Å². The Balaban J connectivity index is 1.60. The fourth-order valence-corrected chi connectivity index (χ4v) is 24.9. The summed E-state index contributed by atoms with van der Waals surface area (Å²) in [5.74, 6) is 0. The highest BCUT2D eigenvalue weighted by atomic mass is 31.3. The minimum atomic E-state index is -1.41. The van der Waals surface area contributed by atoms with Crippen molar-refractivity contribution in [2.24, 2.45) is 0 Å². The molecule has 0 amide bonds. The van der Waals surface area contributed by atoms with Gasteiger partial charge in [0.2, 0.25) is 0 Å². The Morgan fingerprint density at radius 1 is 0.448 bits per heavy atom. The molecule has 2 saturated heterocycles. The van der Waals surface area contributed by atoms with Gasteiger partial charge in [-0.05, 0) is 48.5 Å². The largest absolute Gasteiger partial charge is 0.272 e. The van der Waals surface area contributed by atoms with E-state index >= 15 is 0 Å². The molecule has 4 aromatic rings. The van der Waals surface area contributed by atoms with E-state index in [2.05, 4.69) is 128 Å². The molecule has 2 heterocycles. The second-order valence-electron chi connectivity index (χ2n) is 8.26. The lowest BCUT2D eigenvalue weighted by Crippen LogP contribution is -2.31. The number of hydrogen-bond donors (Lipinski definition) is 0. The third kappa shape index (κ3) is 1.97. The molecule has 0 radical (unpaired) electrons. The zero-order valence-electron chi connectivity index (χ0n) is 16.5. The first-order valence-corrected chi connectivity index (χ1v) is 14.0. The zero-order valence-corrected chi connectivity index (χ0v) is 18.3. The molecule has 2 fully saturated rings. The van der Waals surface area contributed by atoms with Gasteiger partial charge < -0.3 is 0 Å². The summed E-state index contributed by atoms with van der Waals surface area (Å²) in [6.45, 7) is 2.61. The minimum Gasteiger partial charge on any atom is -0.0620 e. The van der Waals surface area contributed by atoms with E-state index in [1.54, 1.807) is 21.2 Å². The SMILES string of the molecule is CC12C([P+]1(c1ccccc1)c1ccccc1)[P+]2(c1ccccc1)c1ccccc1. The molecule has 0 bridgehead atoms. The van der Waals surface area contributed by atoms with E-state index in [-0.39, 0.29) is 0 Å². The molecule has 29 heavy (non-hydrogen) atoms. The second-order valence-corrected chi connectivity index (χ2v) is 16.9. The van der Waals surface area contributed by atoms with Crippen LogP contribution in [-0.4, -0.2) is 10.3 Å². The maximum absolute atomic E-state index is 2.61. The fraction of sp³-hybridized carbons (Fsp3) is 0.111. The van der Waals surface area contributed by atoms with Gasteiger partial charge in [-0.1, -0.05) is 72.8 Å². The van der Waals surface area contributed by atoms with Crippen LogP contribution < -0.4 is 21.2 Å². The van der Waals surface area contributed by atoms with Gasteiger partial charge in [0.25, 0.3) is 10.3 Å². The summed E-state index contributed by atoms with van der Waals surface area (Å²) in [4.78, 5) is 0.380. The van der Waals surface area contributed by atoms with Gasteiger partial charge in [-0.25, -0.2) is 0 Å². The lowest BCUT2D eigenvalue weighted by atomic mass is 10.4. The third-order valence-corrected chi connectivity index (χ3v) is 21.3. The number of hydrogen-bond acceptors (Lipinski definition) is 0. The van der Waals surface area contributed by atoms with Crippen LogP contribution in [0.2, 0.25) is 0 Å². The first-order valence-electron chi connectivity index (χ1n) is 10.3. The van der Waals surface area contributed by atoms with Gasteiger partial charge in [-0.2, -0.15) is 0 Å². The molecule has 2 aliphatic rings. The van der Waals surface area contributed by atoms with Crippen molar-refractivity contribution >= 4 is 35.7 Å². The predicted octanol–water partition coefficient (Wildman–Crippen LogP) is 5.39. The molecule has 2 heteroatoms. The van der Waals surface area contributed by atoms with E-state index in [1.807, 2.05) is 0 Å². The molecule has 0 spiro atoms. The van der Waals surface area contributed by atoms with Crippen LogP contribution in [0.5, 0.6) is 0 Å². The van der Waals surface area contributed by atoms with Crippen LogP contribution in [-0.2, 0) is 0 Å². The van der Waals surface area contributed by atoms with E-state index in [9.17, 15) is 0 Å². The maximum atomic E-state index is 2.61. The highest BCUT2D eigenvalue weighted by molar-refractivity contribution is 8.32. The minimum absolute atomic E-state index is 0.380. The lowest BCUT2D eigenvalue weighted by Gasteiger charge is -2.26. The van der Waals surface area contributed by atoms with Gasteiger partial charge in [0, 0.05) is 6.92 Å². The Morgan fingerprint density at radius 2 is 0.655 bits per heavy atom. The molecule has 0 N–H and O–H groups in total. The smallest absolute Gasteiger partial charge is 0.0620 e. The average Bonchev–Trinajstić information content (AvgIpc) is 3.61. The summed E-state index contributed by atoms with van der Waals surface area (Å²) in [7, 11) is -2.81. The first-order chi connectivity index (χ1) is 14.3. The summed E-state index contributed by atoms with van der Waals surface area (Å²) in [6.07, 6.45) is 0. The topological polar surface area (TPSA) is 0 Å². The van der Waals surface area contributed by atoms with E-state index in [0.29, 0.717) is 4.90 Å². The van der Waals surface area contributed by atoms with Crippen molar-refractivity contribution in [2.45, 2.75) is 17.2 Å². The fourth-order valence-electron chi connectivity index (χ4n) is 6.04. The summed E-state index contributed by atoms with van der Waals surface area (Å²) in [5, 5.41) is 7.11. The molecule has 0 saturated carbocycles. The predicted molar refractivity (Wildman–Crippen MR) is 130 cm³/mol. The third-order valence-electron chi connectivity index (χ3n) is 7.17. The molecule has 0 aromatic heterocycles. The van der Waals surface area contributed by atoms with Crippen molar-refractivity contribution in [3.63, 3.8) is 0 Å². The van der Waals surface area contributed by atoms with Crippen LogP contribution in [0, 0.1) is 0 Å². The van der Waals surface area contributed by atoms with Crippen molar-refractivity contribution < 1.29 is 0 Å². The van der Waals surface area contributed by atoms with Crippen LogP contribution in [0.25, 0.3) is 0 Å². The number of rotatable bonds is 4. The van der Waals surface area contributed by atoms with Crippen LogP contribution in [0.1, 0.15) is 6.92 Å². The molecule has 0 nitrogen and oxygen atoms in total. The molecule has 0 unspecified atom stereocenters. The van der Waals surface area contributed by atoms with Gasteiger partial charge >= 0.3 is 0 Å². The van der Waals surface area contributed by atoms with Gasteiger partial charge in [0.05, 0.1) is 0 Å². The van der Waals surface area contributed by atoms with Gasteiger partial charge in [0.1, 0.15) is 21.2 Å². The molecular formula is C27H24P2+2. The Labute approximate surface area is 174 Å². The van der Waals surface area contributed by atoms with Crippen LogP contribution in [0.15, 0.2) is 121 Å². The van der Waals surface area contributed by atoms with Crippen molar-refractivity contribution in [3.05, 3.63) is 121 Å². The van der Waals surface area contributed by atoms with Gasteiger partial charge in [0.15, 0.2) is 14.5 Å². The molecule has 0 aliphatic carbocycles. The molecule has 2 aliphatic heterocycles. The van der Waals surface area contributed by atoms with E-state index in [1.165, 1.54) is 0 Å². The zero-order chi connectivity index (χ0) is 19.5. The van der Waals surface area contributed by atoms with E-state index < -0.39 is 14.5 Å². The van der Waals surface area contributed by atoms with E-state index in [4.69, 9.17) is 0 Å². The van der Waals surface area contributed by atoms with Crippen LogP contribution in [0.3, 0.4) is 0 Å². The molecule has 6 rings (SSSR count). The quantitative estimate of drug-likeness (QED) is 0.396. The average molecular weight is 410 g/mol. The van der Waals surface area contributed by atoms with Crippen molar-refractivity contribution in [1.29, 1.82) is 0 Å². The summed E-state index contributed by atoms with van der Waals surface area (Å²) < 4.78 is 0. The normalized spacial score (nSPS) is 25.1. The Kier molecular flexibility index (Phi) is 3.71. The van der Waals surface area contributed by atoms with Crippen LogP contribution in [0.4, 0.5) is 0 Å². The Bertz CT molecular complexity index is 984. The Morgan fingerprint density at radius 3 is 0.862 bits per heavy atom. The maximum Gasteiger partial charge on any atom is 0.272 e. The standard InChI is InChI=1S/C27H24P2/c1-27-26(28(27,22-14-6-2-7-15-22)23-16-8-3-9-17-23)29(27,24-18-10-4-11-19-24)25-20-12-5-13-21-25/h2-21,26H,1H3/q+2. The van der Waals surface area contributed by atoms with E-state index in [0.717, 1.165) is 5.40 Å². The van der Waals surface area contributed by atoms with Gasteiger partial charge in [-0.15, -0.1) is 0 Å². The first kappa shape index (κ1) is 17.6. The summed E-state index contributed by atoms with van der Waals surface area (Å²) in [6, 6.07) is 45.6. The van der Waals surface area contributed by atoms with Crippen LogP contribution >= 0.6 is 14.5 Å². The van der Waals surface area contributed by atoms with Crippen molar-refractivity contribution in [1.82, 2.24) is 0 Å². The lowest BCUT2D eigenvalue weighted by molar-refractivity contribution is 1.22.